The minimum absolute atomic E-state index is 0.137. The van der Waals surface area contributed by atoms with Crippen LogP contribution in [0.25, 0.3) is 0 Å². The van der Waals surface area contributed by atoms with Crippen LogP contribution < -0.4 is 4.74 Å². The molecule has 1 unspecified atom stereocenters. The van der Waals surface area contributed by atoms with Gasteiger partial charge in [0.05, 0.1) is 32.8 Å². The van der Waals surface area contributed by atoms with Crippen molar-refractivity contribution in [3.8, 4) is 5.75 Å². The molecule has 1 aromatic rings. The molecule has 2 heterocycles. The smallest absolute Gasteiger partial charge is 0.224 e. The molecule has 0 N–H and O–H groups in total. The monoisotopic (exact) mass is 380 g/mol. The molecular formula is C20H29FN2O4. The van der Waals surface area contributed by atoms with Gasteiger partial charge in [0.1, 0.15) is 0 Å². The number of amides is 1. The van der Waals surface area contributed by atoms with E-state index in [1.807, 2.05) is 11.0 Å². The van der Waals surface area contributed by atoms with Crippen molar-refractivity contribution in [2.24, 2.45) is 0 Å². The van der Waals surface area contributed by atoms with E-state index < -0.39 is 0 Å². The second-order valence-electron chi connectivity index (χ2n) is 7.09. The topological polar surface area (TPSA) is 51.2 Å². The van der Waals surface area contributed by atoms with Gasteiger partial charge in [-0.1, -0.05) is 6.07 Å². The van der Waals surface area contributed by atoms with E-state index in [-0.39, 0.29) is 23.6 Å². The summed E-state index contributed by atoms with van der Waals surface area (Å²) in [5.74, 6) is 0.0557. The first-order chi connectivity index (χ1) is 13.2. The maximum Gasteiger partial charge on any atom is 0.224 e. The van der Waals surface area contributed by atoms with Crippen LogP contribution in [0.1, 0.15) is 24.8 Å². The van der Waals surface area contributed by atoms with Crippen molar-refractivity contribution in [1.29, 1.82) is 0 Å². The maximum absolute atomic E-state index is 13.8. The number of halogens is 1. The summed E-state index contributed by atoms with van der Waals surface area (Å²) in [6, 6.07) is 5.05. The SMILES string of the molecule is COc1ccc(CN2CCN(C(=O)CCOCC3CCCO3)CC2)cc1F. The number of ether oxygens (including phenoxy) is 3. The van der Waals surface area contributed by atoms with Crippen LogP contribution >= 0.6 is 0 Å². The zero-order valence-electron chi connectivity index (χ0n) is 16.0. The predicted octanol–water partition coefficient (Wildman–Crippen LogP) is 2.06. The van der Waals surface area contributed by atoms with Crippen molar-refractivity contribution < 1.29 is 23.4 Å². The minimum atomic E-state index is -0.341. The van der Waals surface area contributed by atoms with Crippen molar-refractivity contribution >= 4 is 5.91 Å². The van der Waals surface area contributed by atoms with Crippen LogP contribution in [0.3, 0.4) is 0 Å². The molecule has 6 nitrogen and oxygen atoms in total. The van der Waals surface area contributed by atoms with Crippen LogP contribution in [0.15, 0.2) is 18.2 Å². The molecule has 2 aliphatic rings. The van der Waals surface area contributed by atoms with Crippen molar-refractivity contribution in [2.45, 2.75) is 31.9 Å². The van der Waals surface area contributed by atoms with E-state index in [9.17, 15) is 9.18 Å². The number of nitrogens with zero attached hydrogens (tertiary/aromatic N) is 2. The lowest BCUT2D eigenvalue weighted by Crippen LogP contribution is -2.48. The number of carbonyl (C=O) groups is 1. The Kier molecular flexibility index (Phi) is 7.43. The predicted molar refractivity (Wildman–Crippen MR) is 99.2 cm³/mol. The highest BCUT2D eigenvalue weighted by molar-refractivity contribution is 5.76. The summed E-state index contributed by atoms with van der Waals surface area (Å²) in [4.78, 5) is 16.4. The average Bonchev–Trinajstić information content (AvgIpc) is 3.19. The zero-order valence-corrected chi connectivity index (χ0v) is 16.0. The molecule has 0 aromatic heterocycles. The maximum atomic E-state index is 13.8. The lowest BCUT2D eigenvalue weighted by atomic mass is 10.1. The molecule has 1 amide bonds. The number of piperazine rings is 1. The van der Waals surface area contributed by atoms with Gasteiger partial charge in [-0.3, -0.25) is 9.69 Å². The Morgan fingerprint density at radius 1 is 1.30 bits per heavy atom. The summed E-state index contributed by atoms with van der Waals surface area (Å²) >= 11 is 0. The van der Waals surface area contributed by atoms with E-state index >= 15 is 0 Å². The molecule has 0 spiro atoms. The number of hydrogen-bond acceptors (Lipinski definition) is 5. The third-order valence-electron chi connectivity index (χ3n) is 5.14. The molecule has 1 atom stereocenters. The van der Waals surface area contributed by atoms with Crippen molar-refractivity contribution in [2.75, 3.05) is 53.1 Å². The first-order valence-corrected chi connectivity index (χ1v) is 9.67. The van der Waals surface area contributed by atoms with Crippen molar-refractivity contribution in [3.63, 3.8) is 0 Å². The Morgan fingerprint density at radius 3 is 2.78 bits per heavy atom. The second kappa shape index (κ2) is 10.0. The highest BCUT2D eigenvalue weighted by atomic mass is 19.1. The normalized spacial score (nSPS) is 20.8. The first-order valence-electron chi connectivity index (χ1n) is 9.67. The zero-order chi connectivity index (χ0) is 19.1. The van der Waals surface area contributed by atoms with Gasteiger partial charge in [0.15, 0.2) is 11.6 Å². The van der Waals surface area contributed by atoms with Gasteiger partial charge >= 0.3 is 0 Å². The van der Waals surface area contributed by atoms with Crippen LogP contribution in [0.4, 0.5) is 4.39 Å². The Morgan fingerprint density at radius 2 is 2.11 bits per heavy atom. The molecule has 150 valence electrons. The van der Waals surface area contributed by atoms with E-state index in [2.05, 4.69) is 4.90 Å². The largest absolute Gasteiger partial charge is 0.494 e. The van der Waals surface area contributed by atoms with Gasteiger partial charge in [-0.05, 0) is 30.5 Å². The van der Waals surface area contributed by atoms with E-state index in [0.717, 1.165) is 38.1 Å². The van der Waals surface area contributed by atoms with Gasteiger partial charge in [-0.25, -0.2) is 4.39 Å². The van der Waals surface area contributed by atoms with Crippen molar-refractivity contribution in [1.82, 2.24) is 9.80 Å². The molecule has 2 fully saturated rings. The van der Waals surface area contributed by atoms with Crippen molar-refractivity contribution in [3.05, 3.63) is 29.6 Å². The van der Waals surface area contributed by atoms with Crippen LogP contribution in [0, 0.1) is 5.82 Å². The fourth-order valence-electron chi connectivity index (χ4n) is 3.53. The first kappa shape index (κ1) is 20.0. The van der Waals surface area contributed by atoms with Crippen LogP contribution in [0.2, 0.25) is 0 Å². The molecule has 0 saturated carbocycles. The van der Waals surface area contributed by atoms with Gasteiger partial charge in [-0.15, -0.1) is 0 Å². The molecular weight excluding hydrogens is 351 g/mol. The highest BCUT2D eigenvalue weighted by Gasteiger charge is 2.21. The lowest BCUT2D eigenvalue weighted by Gasteiger charge is -2.34. The third-order valence-corrected chi connectivity index (χ3v) is 5.14. The van der Waals surface area contributed by atoms with Crippen LogP contribution in [0.5, 0.6) is 5.75 Å². The van der Waals surface area contributed by atoms with Gasteiger partial charge in [-0.2, -0.15) is 0 Å². The molecule has 3 rings (SSSR count). The molecule has 2 aliphatic heterocycles. The third kappa shape index (κ3) is 5.89. The Labute approximate surface area is 160 Å². The van der Waals surface area contributed by atoms with Crippen LogP contribution in [-0.2, 0) is 20.8 Å². The Hall–Kier alpha value is -1.70. The van der Waals surface area contributed by atoms with E-state index in [1.54, 1.807) is 6.07 Å². The summed E-state index contributed by atoms with van der Waals surface area (Å²) in [6.45, 7) is 5.50. The number of benzene rings is 1. The summed E-state index contributed by atoms with van der Waals surface area (Å²) in [7, 11) is 1.46. The van der Waals surface area contributed by atoms with E-state index in [0.29, 0.717) is 39.3 Å². The molecule has 7 heteroatoms. The quantitative estimate of drug-likeness (QED) is 0.646. The van der Waals surface area contributed by atoms with Gasteiger partial charge in [0, 0.05) is 39.3 Å². The fourth-order valence-corrected chi connectivity index (χ4v) is 3.53. The van der Waals surface area contributed by atoms with E-state index in [4.69, 9.17) is 14.2 Å². The summed E-state index contributed by atoms with van der Waals surface area (Å²) in [6.07, 6.45) is 2.76. The standard InChI is InChI=1S/C20H29FN2O4/c1-25-19-5-4-16(13-18(19)21)14-22-7-9-23(10-8-22)20(24)6-12-26-15-17-3-2-11-27-17/h4-5,13,17H,2-3,6-12,14-15H2,1H3. The minimum Gasteiger partial charge on any atom is -0.494 e. The average molecular weight is 380 g/mol. The number of hydrogen-bond donors (Lipinski definition) is 0. The van der Waals surface area contributed by atoms with Gasteiger partial charge in [0.2, 0.25) is 5.91 Å². The number of rotatable bonds is 8. The molecule has 0 bridgehead atoms. The van der Waals surface area contributed by atoms with Gasteiger partial charge in [0.25, 0.3) is 0 Å². The number of methoxy groups -OCH3 is 1. The summed E-state index contributed by atoms with van der Waals surface area (Å²) in [5, 5.41) is 0. The summed E-state index contributed by atoms with van der Waals surface area (Å²) < 4.78 is 29.8. The number of carbonyl (C=O) groups excluding carboxylic acids is 1. The fraction of sp³-hybridized carbons (Fsp3) is 0.650. The molecule has 27 heavy (non-hydrogen) atoms. The van der Waals surface area contributed by atoms with E-state index in [1.165, 1.54) is 13.2 Å². The summed E-state index contributed by atoms with van der Waals surface area (Å²) in [5.41, 5.74) is 0.913. The highest BCUT2D eigenvalue weighted by Crippen LogP contribution is 2.19. The van der Waals surface area contributed by atoms with Gasteiger partial charge < -0.3 is 19.1 Å². The van der Waals surface area contributed by atoms with Crippen LogP contribution in [-0.4, -0.2) is 74.9 Å². The Bertz CT molecular complexity index is 614. The molecule has 0 radical (unpaired) electrons. The Balaban J connectivity index is 1.34. The lowest BCUT2D eigenvalue weighted by molar-refractivity contribution is -0.134. The molecule has 0 aliphatic carbocycles. The molecule has 1 aromatic carbocycles. The molecule has 2 saturated heterocycles. The second-order valence-corrected chi connectivity index (χ2v) is 7.09.